The van der Waals surface area contributed by atoms with E-state index in [4.69, 9.17) is 11.6 Å². The number of aliphatic carboxylic acids is 1. The molecule has 0 saturated carbocycles. The highest BCUT2D eigenvalue weighted by molar-refractivity contribution is 9.10. The minimum Gasteiger partial charge on any atom is -0.481 e. The molecule has 1 N–H and O–H groups in total. The molecule has 2 rings (SSSR count). The summed E-state index contributed by atoms with van der Waals surface area (Å²) in [7, 11) is 0. The lowest BCUT2D eigenvalue weighted by Crippen LogP contribution is -2.30. The number of halogens is 2. The van der Waals surface area contributed by atoms with Crippen LogP contribution in [-0.2, 0) is 10.2 Å². The lowest BCUT2D eigenvalue weighted by atomic mass is 9.89. The van der Waals surface area contributed by atoms with E-state index in [1.54, 1.807) is 13.8 Å². The van der Waals surface area contributed by atoms with Crippen molar-refractivity contribution in [3.05, 3.63) is 27.1 Å². The van der Waals surface area contributed by atoms with E-state index in [9.17, 15) is 9.90 Å². The van der Waals surface area contributed by atoms with Crippen molar-refractivity contribution in [1.29, 1.82) is 0 Å². The summed E-state index contributed by atoms with van der Waals surface area (Å²) in [6, 6.07) is 1.53. The number of hydrogen-bond donors (Lipinski definition) is 1. The van der Waals surface area contributed by atoms with Gasteiger partial charge in [-0.1, -0.05) is 11.6 Å². The predicted molar refractivity (Wildman–Crippen MR) is 71.1 cm³/mol. The Hall–Kier alpha value is -1.14. The smallest absolute Gasteiger partial charge is 0.315 e. The summed E-state index contributed by atoms with van der Waals surface area (Å²) in [5.74, 6) is -0.956. The fraction of sp³-hybridized carbons (Fsp3) is 0.364. The van der Waals surface area contributed by atoms with Crippen molar-refractivity contribution in [2.45, 2.75) is 26.2 Å². The molecule has 0 bridgehead atoms. The van der Waals surface area contributed by atoms with E-state index in [-0.39, 0.29) is 0 Å². The van der Waals surface area contributed by atoms with Crippen LogP contribution in [0.1, 0.15) is 25.2 Å². The van der Waals surface area contributed by atoms with E-state index in [1.807, 2.05) is 6.92 Å². The maximum absolute atomic E-state index is 11.2. The molecule has 0 amide bonds. The van der Waals surface area contributed by atoms with E-state index in [0.29, 0.717) is 21.0 Å². The van der Waals surface area contributed by atoms with Crippen LogP contribution in [0.5, 0.6) is 0 Å². The van der Waals surface area contributed by atoms with Crippen molar-refractivity contribution < 1.29 is 9.90 Å². The number of aromatic nitrogens is 3. The molecule has 2 aromatic heterocycles. The molecule has 18 heavy (non-hydrogen) atoms. The lowest BCUT2D eigenvalue weighted by molar-refractivity contribution is -0.142. The fourth-order valence-corrected chi connectivity index (χ4v) is 2.05. The van der Waals surface area contributed by atoms with Crippen molar-refractivity contribution in [1.82, 2.24) is 14.6 Å². The molecule has 0 spiro atoms. The number of aryl methyl sites for hydroxylation is 1. The normalized spacial score (nSPS) is 12.1. The van der Waals surface area contributed by atoms with Gasteiger partial charge in [0.15, 0.2) is 5.65 Å². The van der Waals surface area contributed by atoms with Crippen LogP contribution in [0.4, 0.5) is 0 Å². The Balaban J connectivity index is 2.76. The van der Waals surface area contributed by atoms with Crippen LogP contribution in [0.3, 0.4) is 0 Å². The van der Waals surface area contributed by atoms with Gasteiger partial charge in [0.25, 0.3) is 0 Å². The Morgan fingerprint density at radius 2 is 2.17 bits per heavy atom. The van der Waals surface area contributed by atoms with E-state index < -0.39 is 11.4 Å². The Kier molecular flexibility index (Phi) is 3.11. The molecule has 0 aromatic carbocycles. The highest BCUT2D eigenvalue weighted by Crippen LogP contribution is 2.29. The summed E-state index contributed by atoms with van der Waals surface area (Å²) in [5.41, 5.74) is 0.551. The maximum Gasteiger partial charge on any atom is 0.315 e. The van der Waals surface area contributed by atoms with E-state index in [1.165, 1.54) is 10.6 Å². The van der Waals surface area contributed by atoms with Crippen LogP contribution in [0, 0.1) is 6.92 Å². The van der Waals surface area contributed by atoms with Gasteiger partial charge in [-0.15, -0.1) is 0 Å². The highest BCUT2D eigenvalue weighted by atomic mass is 79.9. The van der Waals surface area contributed by atoms with Gasteiger partial charge >= 0.3 is 5.97 Å². The van der Waals surface area contributed by atoms with Gasteiger partial charge < -0.3 is 5.11 Å². The average Bonchev–Trinajstić information content (AvgIpc) is 2.56. The molecule has 7 heteroatoms. The minimum absolute atomic E-state index is 0.332. The Morgan fingerprint density at radius 1 is 1.56 bits per heavy atom. The van der Waals surface area contributed by atoms with Crippen molar-refractivity contribution >= 4 is 39.1 Å². The summed E-state index contributed by atoms with van der Waals surface area (Å²) in [5, 5.41) is 13.8. The van der Waals surface area contributed by atoms with Crippen LogP contribution < -0.4 is 0 Å². The monoisotopic (exact) mass is 331 g/mol. The largest absolute Gasteiger partial charge is 0.481 e. The first-order valence-corrected chi connectivity index (χ1v) is 6.37. The Bertz CT molecular complexity index is 651. The fourth-order valence-electron chi connectivity index (χ4n) is 1.49. The van der Waals surface area contributed by atoms with Crippen LogP contribution in [0.2, 0.25) is 5.15 Å². The van der Waals surface area contributed by atoms with Crippen LogP contribution in [-0.4, -0.2) is 25.7 Å². The van der Waals surface area contributed by atoms with E-state index in [2.05, 4.69) is 26.0 Å². The zero-order chi connectivity index (χ0) is 13.7. The number of rotatable bonds is 2. The second-order valence-electron chi connectivity index (χ2n) is 4.53. The first kappa shape index (κ1) is 13.3. The van der Waals surface area contributed by atoms with Gasteiger partial charge in [0.05, 0.1) is 15.9 Å². The number of carbonyl (C=O) groups is 1. The Labute approximate surface area is 117 Å². The zero-order valence-corrected chi connectivity index (χ0v) is 12.4. The van der Waals surface area contributed by atoms with E-state index in [0.717, 1.165) is 5.69 Å². The van der Waals surface area contributed by atoms with Crippen LogP contribution in [0.25, 0.3) is 5.65 Å². The van der Waals surface area contributed by atoms with Gasteiger partial charge in [-0.3, -0.25) is 4.79 Å². The van der Waals surface area contributed by atoms with Gasteiger partial charge in [0, 0.05) is 0 Å². The number of hydrogen-bond acceptors (Lipinski definition) is 3. The first-order chi connectivity index (χ1) is 8.25. The third-order valence-electron chi connectivity index (χ3n) is 2.82. The van der Waals surface area contributed by atoms with Crippen molar-refractivity contribution in [2.24, 2.45) is 0 Å². The topological polar surface area (TPSA) is 67.5 Å². The molecule has 0 aliphatic heterocycles. The van der Waals surface area contributed by atoms with Gasteiger partial charge in [-0.2, -0.15) is 5.10 Å². The molecule has 0 unspecified atom stereocenters. The second kappa shape index (κ2) is 4.20. The third kappa shape index (κ3) is 1.89. The van der Waals surface area contributed by atoms with Gasteiger partial charge in [0.2, 0.25) is 0 Å². The third-order valence-corrected chi connectivity index (χ3v) is 4.02. The molecule has 0 atom stereocenters. The summed E-state index contributed by atoms with van der Waals surface area (Å²) < 4.78 is 2.19. The molecule has 0 saturated heterocycles. The molecule has 5 nitrogen and oxygen atoms in total. The molecule has 2 aromatic rings. The molecule has 0 fully saturated rings. The molecular weight excluding hydrogens is 321 g/mol. The first-order valence-electron chi connectivity index (χ1n) is 5.20. The van der Waals surface area contributed by atoms with Crippen LogP contribution in [0.15, 0.2) is 10.5 Å². The molecule has 0 aliphatic rings. The standard InChI is InChI=1S/C11H11BrClN3O2/c1-5-8(12)9-14-6(11(2,3)10(17)18)4-7(13)16(9)15-5/h4H,1-3H3,(H,17,18). The van der Waals surface area contributed by atoms with Crippen molar-refractivity contribution in [3.8, 4) is 0 Å². The SMILES string of the molecule is Cc1nn2c(Cl)cc(C(C)(C)C(=O)O)nc2c1Br. The summed E-state index contributed by atoms with van der Waals surface area (Å²) in [6.45, 7) is 4.99. The minimum atomic E-state index is -1.11. The lowest BCUT2D eigenvalue weighted by Gasteiger charge is -2.18. The molecule has 96 valence electrons. The summed E-state index contributed by atoms with van der Waals surface area (Å²) >= 11 is 9.48. The van der Waals surface area contributed by atoms with Crippen molar-refractivity contribution in [3.63, 3.8) is 0 Å². The number of carboxylic acids is 1. The molecular formula is C11H11BrClN3O2. The molecule has 0 aliphatic carbocycles. The van der Waals surface area contributed by atoms with E-state index >= 15 is 0 Å². The number of nitrogens with zero attached hydrogens (tertiary/aromatic N) is 3. The molecule has 2 heterocycles. The van der Waals surface area contributed by atoms with Crippen molar-refractivity contribution in [2.75, 3.05) is 0 Å². The molecule has 0 radical (unpaired) electrons. The van der Waals surface area contributed by atoms with Crippen LogP contribution >= 0.6 is 27.5 Å². The summed E-state index contributed by atoms with van der Waals surface area (Å²) in [6.07, 6.45) is 0. The maximum atomic E-state index is 11.2. The van der Waals surface area contributed by atoms with Gasteiger partial charge in [-0.25, -0.2) is 9.50 Å². The highest BCUT2D eigenvalue weighted by Gasteiger charge is 2.32. The zero-order valence-electron chi connectivity index (χ0n) is 10.0. The predicted octanol–water partition coefficient (Wildman–Crippen LogP) is 2.82. The average molecular weight is 333 g/mol. The quantitative estimate of drug-likeness (QED) is 0.859. The Morgan fingerprint density at radius 3 is 2.72 bits per heavy atom. The second-order valence-corrected chi connectivity index (χ2v) is 5.71. The summed E-state index contributed by atoms with van der Waals surface area (Å²) in [4.78, 5) is 15.6. The number of carboxylic acid groups (broad SMARTS) is 1. The number of fused-ring (bicyclic) bond motifs is 1. The van der Waals surface area contributed by atoms with Gasteiger partial charge in [-0.05, 0) is 42.8 Å². The van der Waals surface area contributed by atoms with Gasteiger partial charge in [0.1, 0.15) is 10.6 Å².